The van der Waals surface area contributed by atoms with Crippen molar-refractivity contribution < 1.29 is 38.1 Å². The number of aliphatic carboxylic acids is 1. The molecule has 4 atom stereocenters. The average Bonchev–Trinajstić information content (AvgIpc) is 3.55. The second-order valence-corrected chi connectivity index (χ2v) is 20.9. The van der Waals surface area contributed by atoms with Gasteiger partial charge in [0.25, 0.3) is 5.91 Å². The normalized spacial score (nSPS) is 18.1. The lowest BCUT2D eigenvalue weighted by Crippen LogP contribution is -2.52. The van der Waals surface area contributed by atoms with E-state index in [1.165, 1.54) is 16.8 Å². The first-order chi connectivity index (χ1) is 28.6. The number of carboxylic acids is 1. The van der Waals surface area contributed by atoms with Crippen LogP contribution in [0.5, 0.6) is 5.75 Å². The van der Waals surface area contributed by atoms with Crippen LogP contribution in [-0.4, -0.2) is 72.8 Å². The van der Waals surface area contributed by atoms with Crippen LogP contribution in [0.1, 0.15) is 66.9 Å². The summed E-state index contributed by atoms with van der Waals surface area (Å²) in [6.45, 7) is 10.4. The summed E-state index contributed by atoms with van der Waals surface area (Å²) < 4.78 is 26.9. The van der Waals surface area contributed by atoms with Gasteiger partial charge in [-0.25, -0.2) is 4.79 Å². The third kappa shape index (κ3) is 9.74. The number of benzene rings is 4. The fourth-order valence-corrected chi connectivity index (χ4v) is 8.32. The number of carbonyl (C=O) groups is 3. The average molecular weight is 833 g/mol. The Hall–Kier alpha value is -5.93. The van der Waals surface area contributed by atoms with Crippen molar-refractivity contribution in [3.8, 4) is 5.75 Å². The highest BCUT2D eigenvalue weighted by atomic mass is 28.4. The van der Waals surface area contributed by atoms with Gasteiger partial charge < -0.3 is 29.1 Å². The molecule has 0 radical (unpaired) electrons. The number of aromatic nitrogens is 2. The van der Waals surface area contributed by atoms with E-state index in [2.05, 4.69) is 36.4 Å². The van der Waals surface area contributed by atoms with Gasteiger partial charge in [0.05, 0.1) is 25.5 Å². The van der Waals surface area contributed by atoms with Crippen LogP contribution in [0.4, 0.5) is 5.82 Å². The van der Waals surface area contributed by atoms with Crippen LogP contribution < -0.4 is 21.1 Å². The minimum Gasteiger partial charge on any atom is -0.497 e. The number of nitrogens with zero attached hydrogens (tertiary/aromatic N) is 2. The van der Waals surface area contributed by atoms with Gasteiger partial charge in [-0.15, -0.1) is 0 Å². The molecule has 3 N–H and O–H groups in total. The Morgan fingerprint density at radius 2 is 1.37 bits per heavy atom. The monoisotopic (exact) mass is 832 g/mol. The topological polar surface area (TPSA) is 167 Å². The van der Waals surface area contributed by atoms with Crippen molar-refractivity contribution in [2.75, 3.05) is 19.0 Å². The van der Waals surface area contributed by atoms with Crippen LogP contribution >= 0.6 is 0 Å². The summed E-state index contributed by atoms with van der Waals surface area (Å²) in [7, 11) is -1.10. The molecule has 1 aliphatic heterocycles. The molecule has 2 heterocycles. The number of anilines is 1. The van der Waals surface area contributed by atoms with E-state index in [1.807, 2.05) is 98.0 Å². The number of nitrogens with one attached hydrogen (secondary N) is 2. The van der Waals surface area contributed by atoms with Crippen molar-refractivity contribution in [1.29, 1.82) is 0 Å². The van der Waals surface area contributed by atoms with E-state index in [0.29, 0.717) is 11.3 Å². The number of rotatable bonds is 16. The summed E-state index contributed by atoms with van der Waals surface area (Å²) in [6.07, 6.45) is -3.57. The second kappa shape index (κ2) is 18.5. The van der Waals surface area contributed by atoms with Crippen LogP contribution in [0.3, 0.4) is 0 Å². The van der Waals surface area contributed by atoms with E-state index in [9.17, 15) is 24.3 Å². The summed E-state index contributed by atoms with van der Waals surface area (Å²) in [6, 6.07) is 37.6. The van der Waals surface area contributed by atoms with E-state index in [-0.39, 0.29) is 23.8 Å². The largest absolute Gasteiger partial charge is 0.497 e. The number of hydrogen-bond donors (Lipinski definition) is 3. The Bertz CT molecular complexity index is 2260. The van der Waals surface area contributed by atoms with Gasteiger partial charge in [0.1, 0.15) is 23.8 Å². The highest BCUT2D eigenvalue weighted by Crippen LogP contribution is 2.44. The van der Waals surface area contributed by atoms with Crippen molar-refractivity contribution in [2.45, 2.75) is 81.8 Å². The molecule has 14 heteroatoms. The van der Waals surface area contributed by atoms with Gasteiger partial charge in [0.15, 0.2) is 20.6 Å². The number of carboxylic acid groups (broad SMARTS) is 1. The molecule has 1 amide bonds. The first-order valence-corrected chi connectivity index (χ1v) is 22.7. The standard InChI is InChI=1S/C46H52N4O9Si/c1-45(2,3)60(5,6)59-41-40(58-39(53)27-26-38(51)52)36(57-43(41)50-29-28-37(49-44(50)55)48-42(54)31-16-10-7-11-17-31)30-47-46(32-18-12-8-13-19-32,33-20-14-9-15-21-33)34-22-24-35(56-4)25-23-34/h7-25,28-29,36,40-41,43,47H,26-27,30H2,1-6H3,(H,51,52)(H,48,49,54,55)/t36-,40-,41-,43-/m1/s1. The predicted molar refractivity (Wildman–Crippen MR) is 229 cm³/mol. The number of carbonyl (C=O) groups excluding carboxylic acids is 2. The molecule has 1 aliphatic rings. The number of ether oxygens (including phenoxy) is 3. The number of esters is 1. The van der Waals surface area contributed by atoms with Crippen LogP contribution in [-0.2, 0) is 29.0 Å². The molecular formula is C46H52N4O9Si. The molecule has 1 fully saturated rings. The van der Waals surface area contributed by atoms with Crippen LogP contribution in [0.15, 0.2) is 132 Å². The SMILES string of the molecule is COc1ccc(C(NC[C@H]2O[C@@H](n3ccc(NC(=O)c4ccccc4)nc3=O)[C@H](O[Si](C)(C)C(C)(C)C)[C@@H]2OC(=O)CCC(=O)O)(c2ccccc2)c2ccccc2)cc1. The first kappa shape index (κ1) is 43.6. The van der Waals surface area contributed by atoms with Crippen molar-refractivity contribution in [1.82, 2.24) is 14.9 Å². The molecule has 13 nitrogen and oxygen atoms in total. The van der Waals surface area contributed by atoms with E-state index < -0.39 is 68.4 Å². The first-order valence-electron chi connectivity index (χ1n) is 19.8. The zero-order valence-electron chi connectivity index (χ0n) is 34.7. The third-order valence-electron chi connectivity index (χ3n) is 11.2. The molecule has 1 aromatic heterocycles. The second-order valence-electron chi connectivity index (χ2n) is 16.2. The fraction of sp³-hybridized carbons (Fsp3) is 0.326. The maximum atomic E-state index is 14.0. The van der Waals surface area contributed by atoms with Crippen molar-refractivity contribution in [3.63, 3.8) is 0 Å². The molecule has 0 unspecified atom stereocenters. The van der Waals surface area contributed by atoms with Gasteiger partial charge in [-0.05, 0) is 65.2 Å². The summed E-state index contributed by atoms with van der Waals surface area (Å²) in [5, 5.41) is 15.6. The zero-order chi connectivity index (χ0) is 43.1. The van der Waals surface area contributed by atoms with Crippen LogP contribution in [0.2, 0.25) is 18.1 Å². The molecule has 0 saturated carbocycles. The minimum absolute atomic E-state index is 0.0369. The summed E-state index contributed by atoms with van der Waals surface area (Å²) in [5.41, 5.74) is 1.38. The van der Waals surface area contributed by atoms with Gasteiger partial charge in [-0.2, -0.15) is 4.98 Å². The summed E-state index contributed by atoms with van der Waals surface area (Å²) in [5.74, 6) is -1.62. The van der Waals surface area contributed by atoms with Gasteiger partial charge in [-0.3, -0.25) is 24.3 Å². The zero-order valence-corrected chi connectivity index (χ0v) is 35.7. The lowest BCUT2D eigenvalue weighted by molar-refractivity contribution is -0.157. The molecule has 60 heavy (non-hydrogen) atoms. The van der Waals surface area contributed by atoms with Gasteiger partial charge >= 0.3 is 17.6 Å². The Labute approximate surface area is 350 Å². The lowest BCUT2D eigenvalue weighted by Gasteiger charge is -2.40. The Morgan fingerprint density at radius 1 is 0.800 bits per heavy atom. The molecule has 0 bridgehead atoms. The molecule has 314 valence electrons. The summed E-state index contributed by atoms with van der Waals surface area (Å²) >= 11 is 0. The van der Waals surface area contributed by atoms with Crippen molar-refractivity contribution in [3.05, 3.63) is 160 Å². The molecule has 5 aromatic rings. The maximum absolute atomic E-state index is 14.0. The van der Waals surface area contributed by atoms with Crippen molar-refractivity contribution >= 4 is 32.0 Å². The maximum Gasteiger partial charge on any atom is 0.351 e. The molecule has 1 saturated heterocycles. The molecule has 4 aromatic carbocycles. The highest BCUT2D eigenvalue weighted by Gasteiger charge is 2.53. The van der Waals surface area contributed by atoms with E-state index in [1.54, 1.807) is 37.4 Å². The molecular weight excluding hydrogens is 781 g/mol. The number of methoxy groups -OCH3 is 1. The Morgan fingerprint density at radius 3 is 1.90 bits per heavy atom. The number of hydrogen-bond acceptors (Lipinski definition) is 10. The van der Waals surface area contributed by atoms with Crippen LogP contribution in [0, 0.1) is 0 Å². The van der Waals surface area contributed by atoms with Gasteiger partial charge in [-0.1, -0.05) is 112 Å². The number of amides is 1. The molecule has 0 aliphatic carbocycles. The highest BCUT2D eigenvalue weighted by molar-refractivity contribution is 6.74. The van der Waals surface area contributed by atoms with E-state index >= 15 is 0 Å². The minimum atomic E-state index is -2.71. The van der Waals surface area contributed by atoms with Gasteiger partial charge in [0.2, 0.25) is 0 Å². The molecule has 6 rings (SSSR count). The van der Waals surface area contributed by atoms with Gasteiger partial charge in [0, 0.05) is 18.3 Å². The lowest BCUT2D eigenvalue weighted by atomic mass is 9.76. The molecule has 0 spiro atoms. The quantitative estimate of drug-likeness (QED) is 0.0525. The van der Waals surface area contributed by atoms with Crippen LogP contribution in [0.25, 0.3) is 0 Å². The van der Waals surface area contributed by atoms with Crippen molar-refractivity contribution in [2.24, 2.45) is 0 Å². The van der Waals surface area contributed by atoms with E-state index in [4.69, 9.17) is 18.6 Å². The Kier molecular flexibility index (Phi) is 13.5. The smallest absolute Gasteiger partial charge is 0.351 e. The fourth-order valence-electron chi connectivity index (χ4n) is 7.03. The summed E-state index contributed by atoms with van der Waals surface area (Å²) in [4.78, 5) is 56.2. The third-order valence-corrected chi connectivity index (χ3v) is 15.7. The predicted octanol–water partition coefficient (Wildman–Crippen LogP) is 7.15. The Balaban J connectivity index is 1.45. The van der Waals surface area contributed by atoms with E-state index in [0.717, 1.165) is 16.7 Å².